The van der Waals surface area contributed by atoms with Crippen molar-refractivity contribution < 1.29 is 36.0 Å². The van der Waals surface area contributed by atoms with E-state index in [1.165, 1.54) is 128 Å². The third-order valence-electron chi connectivity index (χ3n) is 9.14. The maximum atomic E-state index is 12.6. The molecule has 52 heavy (non-hydrogen) atoms. The van der Waals surface area contributed by atoms with Crippen LogP contribution in [-0.4, -0.2) is 56.8 Å². The van der Waals surface area contributed by atoms with E-state index in [1.54, 1.807) is 0 Å². The number of allylic oxidation sites excluding steroid dienone is 8. The fourth-order valence-electron chi connectivity index (χ4n) is 6.11. The molecule has 0 heterocycles. The van der Waals surface area contributed by atoms with E-state index < -0.39 is 6.10 Å². The molecule has 0 radical (unpaired) electrons. The SMILES string of the molecule is CCCCC/C=C\C/C=C\CCCCCCCCCC(=O)OCC(C[N+](C)(C)C)OC(=O)CCCCCCCCC/C=C\C/C=C\CCCCC.[Cl-]. The Balaban J connectivity index is 0. The first kappa shape index (κ1) is 52.3. The Kier molecular flexibility index (Phi) is 40.5. The Labute approximate surface area is 329 Å². The highest BCUT2D eigenvalue weighted by Gasteiger charge is 2.23. The van der Waals surface area contributed by atoms with E-state index in [2.05, 4.69) is 83.6 Å². The summed E-state index contributed by atoms with van der Waals surface area (Å²) in [6, 6.07) is 0. The van der Waals surface area contributed by atoms with Gasteiger partial charge < -0.3 is 26.4 Å². The van der Waals surface area contributed by atoms with Crippen LogP contribution in [0.2, 0.25) is 0 Å². The first-order chi connectivity index (χ1) is 24.8. The van der Waals surface area contributed by atoms with Crippen LogP contribution in [0.4, 0.5) is 0 Å². The number of halogens is 1. The zero-order valence-corrected chi connectivity index (χ0v) is 35.6. The van der Waals surface area contributed by atoms with Crippen molar-refractivity contribution in [3.8, 4) is 0 Å². The van der Waals surface area contributed by atoms with E-state index >= 15 is 0 Å². The van der Waals surface area contributed by atoms with Crippen molar-refractivity contribution in [3.05, 3.63) is 48.6 Å². The summed E-state index contributed by atoms with van der Waals surface area (Å²) < 4.78 is 12.0. The summed E-state index contributed by atoms with van der Waals surface area (Å²) in [4.78, 5) is 25.0. The number of carbonyl (C=O) groups excluding carboxylic acids is 2. The molecule has 0 saturated heterocycles. The molecule has 0 saturated carbocycles. The van der Waals surface area contributed by atoms with E-state index in [9.17, 15) is 9.59 Å². The number of rotatable bonds is 37. The molecule has 1 unspecified atom stereocenters. The van der Waals surface area contributed by atoms with Gasteiger partial charge in [0.25, 0.3) is 0 Å². The fourth-order valence-corrected chi connectivity index (χ4v) is 6.11. The van der Waals surface area contributed by atoms with Crippen molar-refractivity contribution in [2.75, 3.05) is 34.3 Å². The highest BCUT2D eigenvalue weighted by molar-refractivity contribution is 5.70. The number of likely N-dealkylation sites (N-methyl/N-ethyl adjacent to an activating group) is 1. The van der Waals surface area contributed by atoms with Gasteiger partial charge in [0, 0.05) is 12.8 Å². The molecule has 304 valence electrons. The molecule has 0 N–H and O–H groups in total. The van der Waals surface area contributed by atoms with Crippen molar-refractivity contribution in [3.63, 3.8) is 0 Å². The van der Waals surface area contributed by atoms with Gasteiger partial charge in [-0.3, -0.25) is 9.59 Å². The Hall–Kier alpha value is -1.85. The molecule has 0 rings (SSSR count). The summed E-state index contributed by atoms with van der Waals surface area (Å²) in [5, 5.41) is 0. The molecule has 0 aromatic heterocycles. The summed E-state index contributed by atoms with van der Waals surface area (Å²) in [6.45, 7) is 5.27. The minimum absolute atomic E-state index is 0. The lowest BCUT2D eigenvalue weighted by Gasteiger charge is -2.28. The predicted octanol–water partition coefficient (Wildman–Crippen LogP) is 10.3. The van der Waals surface area contributed by atoms with Crippen LogP contribution in [0, 0.1) is 0 Å². The van der Waals surface area contributed by atoms with Crippen molar-refractivity contribution in [1.82, 2.24) is 0 Å². The van der Waals surface area contributed by atoms with Crippen LogP contribution in [0.3, 0.4) is 0 Å². The second-order valence-corrected chi connectivity index (χ2v) is 15.6. The van der Waals surface area contributed by atoms with Gasteiger partial charge in [0.15, 0.2) is 6.10 Å². The van der Waals surface area contributed by atoms with Gasteiger partial charge in [-0.2, -0.15) is 0 Å². The van der Waals surface area contributed by atoms with Gasteiger partial charge in [0.05, 0.1) is 21.1 Å². The number of quaternary nitrogens is 1. The molecule has 0 aliphatic carbocycles. The summed E-state index contributed by atoms with van der Waals surface area (Å²) in [6.07, 6.45) is 50.0. The summed E-state index contributed by atoms with van der Waals surface area (Å²) in [7, 11) is 6.20. The lowest BCUT2D eigenvalue weighted by molar-refractivity contribution is -0.873. The second-order valence-electron chi connectivity index (χ2n) is 15.6. The Bertz CT molecular complexity index is 905. The molecular formula is C46H84ClNO4. The molecule has 0 spiro atoms. The third kappa shape index (κ3) is 42.6. The summed E-state index contributed by atoms with van der Waals surface area (Å²) >= 11 is 0. The first-order valence-electron chi connectivity index (χ1n) is 21.5. The van der Waals surface area contributed by atoms with Crippen LogP contribution in [-0.2, 0) is 19.1 Å². The quantitative estimate of drug-likeness (QED) is 0.0275. The van der Waals surface area contributed by atoms with Crippen LogP contribution in [0.25, 0.3) is 0 Å². The topological polar surface area (TPSA) is 52.6 Å². The molecule has 0 amide bonds. The van der Waals surface area contributed by atoms with Crippen LogP contribution in [0.1, 0.15) is 194 Å². The maximum absolute atomic E-state index is 12.6. The van der Waals surface area contributed by atoms with Crippen molar-refractivity contribution in [1.29, 1.82) is 0 Å². The maximum Gasteiger partial charge on any atom is 0.306 e. The predicted molar refractivity (Wildman–Crippen MR) is 221 cm³/mol. The van der Waals surface area contributed by atoms with Gasteiger partial charge in [0.2, 0.25) is 0 Å². The van der Waals surface area contributed by atoms with Gasteiger partial charge >= 0.3 is 11.9 Å². The molecule has 0 aromatic rings. The molecule has 0 aliphatic heterocycles. The number of esters is 2. The minimum atomic E-state index is -0.404. The fraction of sp³-hybridized carbons (Fsp3) is 0.783. The summed E-state index contributed by atoms with van der Waals surface area (Å²) in [5.41, 5.74) is 0. The molecular weight excluding hydrogens is 666 g/mol. The van der Waals surface area contributed by atoms with Crippen LogP contribution >= 0.6 is 0 Å². The molecule has 6 heteroatoms. The van der Waals surface area contributed by atoms with E-state index in [-0.39, 0.29) is 31.0 Å². The zero-order valence-electron chi connectivity index (χ0n) is 34.9. The molecule has 5 nitrogen and oxygen atoms in total. The minimum Gasteiger partial charge on any atom is -1.00 e. The molecule has 0 aliphatic rings. The molecule has 0 fully saturated rings. The van der Waals surface area contributed by atoms with Gasteiger partial charge in [0.1, 0.15) is 13.2 Å². The van der Waals surface area contributed by atoms with Gasteiger partial charge in [-0.15, -0.1) is 0 Å². The highest BCUT2D eigenvalue weighted by Crippen LogP contribution is 2.13. The third-order valence-corrected chi connectivity index (χ3v) is 9.14. The lowest BCUT2D eigenvalue weighted by atomic mass is 10.1. The van der Waals surface area contributed by atoms with Gasteiger partial charge in [-0.25, -0.2) is 0 Å². The standard InChI is InChI=1S/C46H84NO4.ClH/c1-6-8-10-12-14-16-18-20-22-24-26-28-30-32-34-36-38-40-45(48)50-43-44(42-47(3,4)5)51-46(49)41-39-37-35-33-31-29-27-25-23-21-19-17-15-13-11-9-7-2;/h14-17,20-23,44H,6-13,18-19,24-43H2,1-5H3;1H/q+1;/p-1/b16-14-,17-15-,22-20-,23-21-;. The smallest absolute Gasteiger partial charge is 0.306 e. The Morgan fingerprint density at radius 1 is 0.481 bits per heavy atom. The van der Waals surface area contributed by atoms with Crippen LogP contribution in [0.5, 0.6) is 0 Å². The average Bonchev–Trinajstić information content (AvgIpc) is 3.09. The number of unbranched alkanes of at least 4 members (excludes halogenated alkanes) is 20. The largest absolute Gasteiger partial charge is 1.00 e. The number of nitrogens with zero attached hydrogens (tertiary/aromatic N) is 1. The van der Waals surface area contributed by atoms with Crippen LogP contribution < -0.4 is 12.4 Å². The normalized spacial score (nSPS) is 12.7. The molecule has 0 bridgehead atoms. The molecule has 0 aromatic carbocycles. The van der Waals surface area contributed by atoms with E-state index in [1.807, 2.05) is 0 Å². The van der Waals surface area contributed by atoms with Crippen molar-refractivity contribution >= 4 is 11.9 Å². The number of carbonyl (C=O) groups is 2. The second kappa shape index (κ2) is 40.3. The highest BCUT2D eigenvalue weighted by atomic mass is 35.5. The molecule has 1 atom stereocenters. The van der Waals surface area contributed by atoms with Crippen LogP contribution in [0.15, 0.2) is 48.6 Å². The van der Waals surface area contributed by atoms with Crippen molar-refractivity contribution in [2.24, 2.45) is 0 Å². The first-order valence-corrected chi connectivity index (χ1v) is 21.5. The number of ether oxygens (including phenoxy) is 2. The number of hydrogen-bond donors (Lipinski definition) is 0. The average molecular weight is 751 g/mol. The van der Waals surface area contributed by atoms with Gasteiger partial charge in [-0.1, -0.05) is 152 Å². The lowest BCUT2D eigenvalue weighted by Crippen LogP contribution is -3.00. The monoisotopic (exact) mass is 750 g/mol. The van der Waals surface area contributed by atoms with E-state index in [0.29, 0.717) is 23.9 Å². The Morgan fingerprint density at radius 2 is 0.827 bits per heavy atom. The van der Waals surface area contributed by atoms with E-state index in [4.69, 9.17) is 9.47 Å². The summed E-state index contributed by atoms with van der Waals surface area (Å²) in [5.74, 6) is -0.352. The number of hydrogen-bond acceptors (Lipinski definition) is 4. The van der Waals surface area contributed by atoms with E-state index in [0.717, 1.165) is 38.5 Å². The van der Waals surface area contributed by atoms with Crippen molar-refractivity contribution in [2.45, 2.75) is 200 Å². The zero-order chi connectivity index (χ0) is 37.5. The van der Waals surface area contributed by atoms with Gasteiger partial charge in [-0.05, 0) is 77.0 Å². The Morgan fingerprint density at radius 3 is 1.21 bits per heavy atom.